The molecule has 1 N–H and O–H groups in total. The van der Waals surface area contributed by atoms with Gasteiger partial charge in [0.15, 0.2) is 0 Å². The quantitative estimate of drug-likeness (QED) is 0.621. The van der Waals surface area contributed by atoms with Crippen molar-refractivity contribution < 1.29 is 0 Å². The van der Waals surface area contributed by atoms with Gasteiger partial charge >= 0.3 is 0 Å². The van der Waals surface area contributed by atoms with Gasteiger partial charge in [-0.05, 0) is 55.7 Å². The number of fused-ring (bicyclic) bond motifs is 3. The van der Waals surface area contributed by atoms with Gasteiger partial charge in [0.25, 0.3) is 0 Å². The van der Waals surface area contributed by atoms with E-state index in [1.807, 2.05) is 0 Å². The van der Waals surface area contributed by atoms with E-state index >= 15 is 0 Å². The minimum Gasteiger partial charge on any atom is -0.358 e. The molecule has 3 rings (SSSR count). The first-order valence-corrected chi connectivity index (χ1v) is 5.34. The smallest absolute Gasteiger partial charge is 0.0414 e. The van der Waals surface area contributed by atoms with Crippen LogP contribution < -0.4 is 0 Å². The van der Waals surface area contributed by atoms with Crippen LogP contribution in [0.25, 0.3) is 6.08 Å². The Bertz CT molecular complexity index is 357. The van der Waals surface area contributed by atoms with Gasteiger partial charge in [-0.25, -0.2) is 0 Å². The zero-order valence-corrected chi connectivity index (χ0v) is 7.90. The predicted octanol–water partition coefficient (Wildman–Crippen LogP) is 2.85. The molecule has 1 aromatic heterocycles. The lowest BCUT2D eigenvalue weighted by atomic mass is 9.91. The van der Waals surface area contributed by atoms with E-state index in [-0.39, 0.29) is 0 Å². The fourth-order valence-corrected chi connectivity index (χ4v) is 2.63. The molecule has 0 fully saturated rings. The van der Waals surface area contributed by atoms with Gasteiger partial charge in [-0.3, -0.25) is 0 Å². The number of allylic oxidation sites excluding steroid dienone is 1. The van der Waals surface area contributed by atoms with Crippen molar-refractivity contribution >= 4 is 6.08 Å². The second-order valence-corrected chi connectivity index (χ2v) is 4.12. The molecule has 0 spiro atoms. The van der Waals surface area contributed by atoms with E-state index in [0.717, 1.165) is 0 Å². The molecule has 0 saturated heterocycles. The highest BCUT2D eigenvalue weighted by Gasteiger charge is 2.19. The predicted molar refractivity (Wildman–Crippen MR) is 54.8 cm³/mol. The number of H-pyrrole nitrogens is 1. The molecular weight excluding hydrogens is 158 g/mol. The van der Waals surface area contributed by atoms with Crippen molar-refractivity contribution in [3.63, 3.8) is 0 Å². The summed E-state index contributed by atoms with van der Waals surface area (Å²) in [6, 6.07) is 0. The summed E-state index contributed by atoms with van der Waals surface area (Å²) in [7, 11) is 0. The largest absolute Gasteiger partial charge is 0.358 e. The SMILES string of the molecule is C1=Cc2[nH]c3c(c2CC1)CCCC3. The third-order valence-electron chi connectivity index (χ3n) is 3.29. The van der Waals surface area contributed by atoms with E-state index in [9.17, 15) is 0 Å². The van der Waals surface area contributed by atoms with Gasteiger partial charge in [-0.15, -0.1) is 0 Å². The standard InChI is InChI=1S/C12H15N/c1-3-7-11-9(5-1)10-6-2-4-8-12(10)13-11/h3,7,13H,1-2,4-6,8H2. The number of hydrogen-bond donors (Lipinski definition) is 1. The van der Waals surface area contributed by atoms with Crippen molar-refractivity contribution in [3.8, 4) is 0 Å². The van der Waals surface area contributed by atoms with E-state index in [2.05, 4.69) is 17.1 Å². The van der Waals surface area contributed by atoms with Crippen molar-refractivity contribution in [2.24, 2.45) is 0 Å². The molecule has 1 heteroatoms. The first kappa shape index (κ1) is 7.43. The van der Waals surface area contributed by atoms with E-state index < -0.39 is 0 Å². The van der Waals surface area contributed by atoms with Crippen molar-refractivity contribution in [2.75, 3.05) is 0 Å². The molecule has 0 radical (unpaired) electrons. The van der Waals surface area contributed by atoms with Crippen LogP contribution >= 0.6 is 0 Å². The van der Waals surface area contributed by atoms with Crippen LogP contribution in [-0.4, -0.2) is 4.98 Å². The maximum atomic E-state index is 3.57. The third-order valence-corrected chi connectivity index (χ3v) is 3.29. The molecule has 1 heterocycles. The summed E-state index contributed by atoms with van der Waals surface area (Å²) in [4.78, 5) is 3.57. The zero-order valence-electron chi connectivity index (χ0n) is 7.90. The number of aromatic nitrogens is 1. The normalized spacial score (nSPS) is 19.7. The second-order valence-electron chi connectivity index (χ2n) is 4.12. The molecule has 68 valence electrons. The van der Waals surface area contributed by atoms with Crippen LogP contribution in [0, 0.1) is 0 Å². The Morgan fingerprint density at radius 3 is 2.92 bits per heavy atom. The highest BCUT2D eigenvalue weighted by Crippen LogP contribution is 2.30. The van der Waals surface area contributed by atoms with Crippen molar-refractivity contribution in [3.05, 3.63) is 28.6 Å². The number of hydrogen-bond acceptors (Lipinski definition) is 0. The Balaban J connectivity index is 2.15. The third kappa shape index (κ3) is 1.06. The van der Waals surface area contributed by atoms with Crippen LogP contribution in [0.5, 0.6) is 0 Å². The van der Waals surface area contributed by atoms with Gasteiger partial charge in [0.2, 0.25) is 0 Å². The van der Waals surface area contributed by atoms with E-state index in [4.69, 9.17) is 0 Å². The van der Waals surface area contributed by atoms with Gasteiger partial charge in [0.1, 0.15) is 0 Å². The molecule has 0 saturated carbocycles. The summed E-state index contributed by atoms with van der Waals surface area (Å²) in [6.45, 7) is 0. The van der Waals surface area contributed by atoms with Crippen LogP contribution in [0.1, 0.15) is 41.8 Å². The summed E-state index contributed by atoms with van der Waals surface area (Å²) in [5, 5.41) is 0. The topological polar surface area (TPSA) is 15.8 Å². The lowest BCUT2D eigenvalue weighted by Crippen LogP contribution is -2.02. The van der Waals surface area contributed by atoms with Gasteiger partial charge in [-0.1, -0.05) is 6.08 Å². The highest BCUT2D eigenvalue weighted by atomic mass is 14.7. The van der Waals surface area contributed by atoms with Gasteiger partial charge in [-0.2, -0.15) is 0 Å². The van der Waals surface area contributed by atoms with Crippen LogP contribution in [0.2, 0.25) is 0 Å². The molecule has 0 aliphatic heterocycles. The zero-order chi connectivity index (χ0) is 8.67. The van der Waals surface area contributed by atoms with E-state index in [0.29, 0.717) is 0 Å². The fourth-order valence-electron chi connectivity index (χ4n) is 2.63. The average molecular weight is 173 g/mol. The summed E-state index contributed by atoms with van der Waals surface area (Å²) in [5.41, 5.74) is 6.21. The van der Waals surface area contributed by atoms with Gasteiger partial charge < -0.3 is 4.98 Å². The molecule has 13 heavy (non-hydrogen) atoms. The number of nitrogens with one attached hydrogen (secondary N) is 1. The summed E-state index contributed by atoms with van der Waals surface area (Å²) >= 11 is 0. The Morgan fingerprint density at radius 1 is 1.00 bits per heavy atom. The van der Waals surface area contributed by atoms with Crippen molar-refractivity contribution in [1.29, 1.82) is 0 Å². The van der Waals surface area contributed by atoms with Gasteiger partial charge in [0.05, 0.1) is 0 Å². The first-order valence-electron chi connectivity index (χ1n) is 5.34. The molecule has 0 amide bonds. The number of aryl methyl sites for hydroxylation is 1. The Kier molecular flexibility index (Phi) is 1.58. The molecule has 2 aliphatic carbocycles. The Labute approximate surface area is 78.9 Å². The highest BCUT2D eigenvalue weighted by molar-refractivity contribution is 5.57. The maximum Gasteiger partial charge on any atom is 0.0414 e. The molecule has 0 atom stereocenters. The van der Waals surface area contributed by atoms with Crippen LogP contribution in [0.3, 0.4) is 0 Å². The molecule has 1 nitrogen and oxygen atoms in total. The van der Waals surface area contributed by atoms with E-state index in [1.165, 1.54) is 49.9 Å². The molecule has 2 aliphatic rings. The minimum absolute atomic E-state index is 1.23. The van der Waals surface area contributed by atoms with Crippen LogP contribution in [0.4, 0.5) is 0 Å². The maximum absolute atomic E-state index is 3.57. The Hall–Kier alpha value is -0.980. The van der Waals surface area contributed by atoms with Crippen LogP contribution in [-0.2, 0) is 19.3 Å². The number of rotatable bonds is 0. The fraction of sp³-hybridized carbons (Fsp3) is 0.500. The molecule has 1 aromatic rings. The monoisotopic (exact) mass is 173 g/mol. The summed E-state index contributed by atoms with van der Waals surface area (Å²) in [6.07, 6.45) is 12.4. The molecule has 0 aromatic carbocycles. The Morgan fingerprint density at radius 2 is 1.92 bits per heavy atom. The van der Waals surface area contributed by atoms with Crippen LogP contribution in [0.15, 0.2) is 6.08 Å². The molecule has 0 bridgehead atoms. The molecule has 0 unspecified atom stereocenters. The summed E-state index contributed by atoms with van der Waals surface area (Å²) in [5.74, 6) is 0. The van der Waals surface area contributed by atoms with Crippen molar-refractivity contribution in [1.82, 2.24) is 4.98 Å². The summed E-state index contributed by atoms with van der Waals surface area (Å²) < 4.78 is 0. The van der Waals surface area contributed by atoms with Crippen molar-refractivity contribution in [2.45, 2.75) is 38.5 Å². The van der Waals surface area contributed by atoms with Gasteiger partial charge in [0, 0.05) is 11.4 Å². The first-order chi connectivity index (χ1) is 6.45. The average Bonchev–Trinajstić information content (AvgIpc) is 2.56. The molecular formula is C12H15N. The lowest BCUT2D eigenvalue weighted by molar-refractivity contribution is 0.673. The second kappa shape index (κ2) is 2.76. The lowest BCUT2D eigenvalue weighted by Gasteiger charge is -2.13. The minimum atomic E-state index is 1.23. The van der Waals surface area contributed by atoms with E-state index in [1.54, 1.807) is 11.1 Å². The number of aromatic amines is 1.